The van der Waals surface area contributed by atoms with Gasteiger partial charge in [-0.25, -0.2) is 0 Å². The quantitative estimate of drug-likeness (QED) is 0.408. The van der Waals surface area contributed by atoms with Crippen LogP contribution in [0.1, 0.15) is 0 Å². The summed E-state index contributed by atoms with van der Waals surface area (Å²) in [7, 11) is 0. The van der Waals surface area contributed by atoms with Gasteiger partial charge in [0, 0.05) is 34.4 Å². The van der Waals surface area contributed by atoms with Gasteiger partial charge in [0.15, 0.2) is 11.0 Å². The van der Waals surface area contributed by atoms with E-state index in [1.807, 2.05) is 24.3 Å². The highest BCUT2D eigenvalue weighted by molar-refractivity contribution is 7.80. The first kappa shape index (κ1) is 18.2. The normalized spacial score (nSPS) is 17.4. The maximum atomic E-state index is 13.0. The van der Waals surface area contributed by atoms with Crippen molar-refractivity contribution in [3.8, 4) is 0 Å². The van der Waals surface area contributed by atoms with E-state index in [9.17, 15) is 9.59 Å². The molecule has 1 aliphatic heterocycles. The molecular weight excluding hydrogens is 396 g/mol. The molecule has 3 aromatic rings. The number of aliphatic imine (C=N–C) groups is 1. The molecule has 1 saturated heterocycles. The molecule has 0 bridgehead atoms. The van der Waals surface area contributed by atoms with Crippen molar-refractivity contribution in [1.29, 1.82) is 0 Å². The van der Waals surface area contributed by atoms with Crippen LogP contribution in [0.2, 0.25) is 5.02 Å². The lowest BCUT2D eigenvalue weighted by molar-refractivity contribution is -0.130. The summed E-state index contributed by atoms with van der Waals surface area (Å²) < 4.78 is 0. The number of halogens is 1. The van der Waals surface area contributed by atoms with Crippen LogP contribution in [0, 0.1) is 5.92 Å². The largest absolute Gasteiger partial charge is 0.301 e. The maximum Gasteiger partial charge on any atom is 0.251 e. The Hall–Kier alpha value is -3.16. The number of thiocarbonyl (C=S) groups is 1. The van der Waals surface area contributed by atoms with Crippen LogP contribution in [-0.2, 0) is 9.59 Å². The van der Waals surface area contributed by atoms with E-state index in [-0.39, 0.29) is 5.11 Å². The second-order valence-electron chi connectivity index (χ2n) is 6.07. The van der Waals surface area contributed by atoms with Crippen LogP contribution >= 0.6 is 23.8 Å². The van der Waals surface area contributed by atoms with Crippen molar-refractivity contribution in [2.24, 2.45) is 10.9 Å². The van der Waals surface area contributed by atoms with Gasteiger partial charge in [-0.3, -0.25) is 24.5 Å². The fourth-order valence-electron chi connectivity index (χ4n) is 2.93. The fourth-order valence-corrected chi connectivity index (χ4v) is 3.35. The minimum absolute atomic E-state index is 0.0261. The molecule has 0 aliphatic carbocycles. The first-order valence-electron chi connectivity index (χ1n) is 8.36. The number of amides is 2. The van der Waals surface area contributed by atoms with Gasteiger partial charge in [0.05, 0.1) is 11.4 Å². The van der Waals surface area contributed by atoms with Crippen molar-refractivity contribution in [2.45, 2.75) is 0 Å². The van der Waals surface area contributed by atoms with E-state index in [0.29, 0.717) is 16.4 Å². The van der Waals surface area contributed by atoms with E-state index < -0.39 is 17.7 Å². The lowest BCUT2D eigenvalue weighted by Crippen LogP contribution is -2.58. The molecule has 2 amide bonds. The van der Waals surface area contributed by atoms with Crippen molar-refractivity contribution < 1.29 is 9.59 Å². The maximum absolute atomic E-state index is 13.0. The number of carbonyl (C=O) groups is 2. The van der Waals surface area contributed by atoms with Gasteiger partial charge < -0.3 is 5.32 Å². The Bertz CT molecular complexity index is 1130. The van der Waals surface area contributed by atoms with Crippen LogP contribution in [0.25, 0.3) is 10.8 Å². The zero-order valence-electron chi connectivity index (χ0n) is 14.4. The number of hydrogen-bond donors (Lipinski definition) is 1. The van der Waals surface area contributed by atoms with E-state index in [1.165, 1.54) is 11.1 Å². The third kappa shape index (κ3) is 3.37. The van der Waals surface area contributed by atoms with Gasteiger partial charge in [-0.2, -0.15) is 0 Å². The number of carbonyl (C=O) groups excluding carboxylic acids is 2. The Morgan fingerprint density at radius 2 is 1.93 bits per heavy atom. The summed E-state index contributed by atoms with van der Waals surface area (Å²) in [5.74, 6) is -2.08. The molecular formula is C20H13ClN4O2S. The molecule has 2 heterocycles. The van der Waals surface area contributed by atoms with E-state index in [2.05, 4.69) is 15.3 Å². The molecule has 0 spiro atoms. The number of anilines is 1. The van der Waals surface area contributed by atoms with Crippen LogP contribution in [0.4, 0.5) is 11.4 Å². The predicted octanol–water partition coefficient (Wildman–Crippen LogP) is 3.65. The molecule has 1 fully saturated rings. The zero-order valence-corrected chi connectivity index (χ0v) is 15.9. The standard InChI is InChI=1S/C20H13ClN4O2S/c21-13-4-6-14(7-5-13)25-19(27)16(18(26)24-20(25)28)11-23-17-3-1-2-12-10-22-9-8-15(12)17/h1-11,16H,(H,24,26,28)/t16-/m1/s1. The molecule has 6 nitrogen and oxygen atoms in total. The summed E-state index contributed by atoms with van der Waals surface area (Å²) in [4.78, 5) is 35.1. The van der Waals surface area contributed by atoms with Crippen LogP contribution in [0.3, 0.4) is 0 Å². The monoisotopic (exact) mass is 408 g/mol. The van der Waals surface area contributed by atoms with E-state index >= 15 is 0 Å². The molecule has 0 unspecified atom stereocenters. The van der Waals surface area contributed by atoms with Crippen molar-refractivity contribution in [1.82, 2.24) is 10.3 Å². The number of fused-ring (bicyclic) bond motifs is 1. The Morgan fingerprint density at radius 3 is 2.71 bits per heavy atom. The highest BCUT2D eigenvalue weighted by atomic mass is 35.5. The molecule has 8 heteroatoms. The molecule has 1 aliphatic rings. The Kier molecular flexibility index (Phi) is 4.85. The lowest BCUT2D eigenvalue weighted by Gasteiger charge is -2.30. The minimum Gasteiger partial charge on any atom is -0.301 e. The number of nitrogens with one attached hydrogen (secondary N) is 1. The topological polar surface area (TPSA) is 74.7 Å². The zero-order chi connectivity index (χ0) is 19.7. The molecule has 1 atom stereocenters. The Labute approximate surface area is 170 Å². The molecule has 4 rings (SSSR count). The summed E-state index contributed by atoms with van der Waals surface area (Å²) in [5.41, 5.74) is 1.17. The lowest BCUT2D eigenvalue weighted by atomic mass is 10.1. The molecule has 138 valence electrons. The predicted molar refractivity (Wildman–Crippen MR) is 113 cm³/mol. The summed E-state index contributed by atoms with van der Waals surface area (Å²) >= 11 is 11.1. The van der Waals surface area contributed by atoms with Gasteiger partial charge >= 0.3 is 0 Å². The minimum atomic E-state index is -1.10. The number of hydrogen-bond acceptors (Lipinski definition) is 5. The number of benzene rings is 2. The summed E-state index contributed by atoms with van der Waals surface area (Å²) in [6.45, 7) is 0. The van der Waals surface area contributed by atoms with Gasteiger partial charge in [0.25, 0.3) is 5.91 Å². The highest BCUT2D eigenvalue weighted by Crippen LogP contribution is 2.26. The summed E-state index contributed by atoms with van der Waals surface area (Å²) in [6, 6.07) is 14.0. The van der Waals surface area contributed by atoms with Crippen molar-refractivity contribution >= 4 is 69.1 Å². The van der Waals surface area contributed by atoms with Crippen LogP contribution in [0.5, 0.6) is 0 Å². The van der Waals surface area contributed by atoms with Crippen molar-refractivity contribution in [3.63, 3.8) is 0 Å². The first-order chi connectivity index (χ1) is 13.5. The molecule has 0 saturated carbocycles. The summed E-state index contributed by atoms with van der Waals surface area (Å²) in [5, 5.41) is 4.91. The van der Waals surface area contributed by atoms with Gasteiger partial charge in [0.1, 0.15) is 0 Å². The van der Waals surface area contributed by atoms with Gasteiger partial charge in [-0.1, -0.05) is 23.7 Å². The molecule has 2 aromatic carbocycles. The van der Waals surface area contributed by atoms with Crippen molar-refractivity contribution in [2.75, 3.05) is 4.90 Å². The van der Waals surface area contributed by atoms with E-state index in [4.69, 9.17) is 23.8 Å². The average Bonchev–Trinajstić information content (AvgIpc) is 2.69. The number of nitrogens with zero attached hydrogens (tertiary/aromatic N) is 3. The van der Waals surface area contributed by atoms with Crippen LogP contribution < -0.4 is 10.2 Å². The van der Waals surface area contributed by atoms with Crippen LogP contribution in [0.15, 0.2) is 65.9 Å². The van der Waals surface area contributed by atoms with Gasteiger partial charge in [-0.15, -0.1) is 0 Å². The molecule has 0 radical (unpaired) electrons. The fraction of sp³-hybridized carbons (Fsp3) is 0.0500. The summed E-state index contributed by atoms with van der Waals surface area (Å²) in [6.07, 6.45) is 4.74. The number of aromatic nitrogens is 1. The third-order valence-electron chi connectivity index (χ3n) is 4.31. The van der Waals surface area contributed by atoms with Crippen LogP contribution in [-0.4, -0.2) is 28.1 Å². The van der Waals surface area contributed by atoms with Gasteiger partial charge in [-0.05, 0) is 48.6 Å². The van der Waals surface area contributed by atoms with Gasteiger partial charge in [0.2, 0.25) is 5.91 Å². The Balaban J connectivity index is 1.67. The third-order valence-corrected chi connectivity index (χ3v) is 4.84. The second-order valence-corrected chi connectivity index (χ2v) is 6.90. The average molecular weight is 409 g/mol. The molecule has 1 aromatic heterocycles. The van der Waals surface area contributed by atoms with E-state index in [1.54, 1.807) is 36.7 Å². The number of rotatable bonds is 3. The second kappa shape index (κ2) is 7.46. The van der Waals surface area contributed by atoms with E-state index in [0.717, 1.165) is 10.8 Å². The highest BCUT2D eigenvalue weighted by Gasteiger charge is 2.38. The van der Waals surface area contributed by atoms with Crippen molar-refractivity contribution in [3.05, 3.63) is 65.9 Å². The first-order valence-corrected chi connectivity index (χ1v) is 9.14. The molecule has 28 heavy (non-hydrogen) atoms. The Morgan fingerprint density at radius 1 is 1.14 bits per heavy atom. The molecule has 1 N–H and O–H groups in total. The SMILES string of the molecule is O=C1NC(=S)N(c2ccc(Cl)cc2)C(=O)[C@@H]1C=Nc1cccc2cnccc12. The smallest absolute Gasteiger partial charge is 0.251 e. The number of pyridine rings is 1.